The van der Waals surface area contributed by atoms with Crippen LogP contribution in [0.5, 0.6) is 0 Å². The number of aromatic nitrogens is 4. The number of rotatable bonds is 2. The minimum Gasteiger partial charge on any atom is -0.307 e. The molecule has 4 heterocycles. The number of fused-ring (bicyclic) bond motifs is 8. The maximum atomic E-state index is 4.51. The van der Waals surface area contributed by atoms with Crippen LogP contribution >= 0.6 is 0 Å². The molecule has 0 saturated heterocycles. The summed E-state index contributed by atoms with van der Waals surface area (Å²) in [5, 5.41) is 5.36. The van der Waals surface area contributed by atoms with E-state index in [1.54, 1.807) is 0 Å². The number of pyridine rings is 2. The lowest BCUT2D eigenvalue weighted by molar-refractivity contribution is 0.883. The van der Waals surface area contributed by atoms with Gasteiger partial charge in [0.05, 0.1) is 45.8 Å². The van der Waals surface area contributed by atoms with E-state index in [4.69, 9.17) is 0 Å². The fourth-order valence-electron chi connectivity index (χ4n) is 8.07. The molecular weight excluding hydrogens is 512 g/mol. The van der Waals surface area contributed by atoms with E-state index in [0.717, 1.165) is 37.1 Å². The van der Waals surface area contributed by atoms with E-state index >= 15 is 0 Å². The highest BCUT2D eigenvalue weighted by Gasteiger charge is 2.32. The van der Waals surface area contributed by atoms with Gasteiger partial charge in [0.15, 0.2) is 0 Å². The van der Waals surface area contributed by atoms with E-state index in [0.29, 0.717) is 0 Å². The number of benzene rings is 4. The Balaban J connectivity index is 1.37. The normalized spacial score (nSPS) is 13.8. The maximum absolute atomic E-state index is 4.51. The number of hydrogen-bond acceptors (Lipinski definition) is 2. The molecule has 4 aromatic heterocycles. The molecular formula is C38H26N4. The first-order chi connectivity index (χ1) is 20.9. The molecule has 0 N–H and O–H groups in total. The molecule has 0 bridgehead atoms. The average Bonchev–Trinajstić information content (AvgIpc) is 3.57. The second-order valence-electron chi connectivity index (χ2n) is 11.7. The van der Waals surface area contributed by atoms with E-state index in [9.17, 15) is 0 Å². The van der Waals surface area contributed by atoms with Crippen LogP contribution in [0.2, 0.25) is 0 Å². The predicted molar refractivity (Wildman–Crippen MR) is 171 cm³/mol. The van der Waals surface area contributed by atoms with Crippen molar-refractivity contribution in [1.82, 2.24) is 19.1 Å². The molecule has 0 spiro atoms. The van der Waals surface area contributed by atoms with E-state index in [1.807, 2.05) is 36.9 Å². The fraction of sp³-hybridized carbons (Fsp3) is 0.105. The van der Waals surface area contributed by atoms with Crippen LogP contribution in [0.3, 0.4) is 0 Å². The van der Waals surface area contributed by atoms with Crippen LogP contribution in [-0.2, 0) is 25.7 Å². The highest BCUT2D eigenvalue weighted by Crippen LogP contribution is 2.51. The van der Waals surface area contributed by atoms with Gasteiger partial charge in [-0.25, -0.2) is 0 Å². The van der Waals surface area contributed by atoms with Crippen LogP contribution in [0.1, 0.15) is 22.3 Å². The van der Waals surface area contributed by atoms with E-state index < -0.39 is 0 Å². The third kappa shape index (κ3) is 2.81. The standard InChI is InChI=1S/C38H26N4/c1-3-11-33-27(9-1)31-19-23-13-14-24-20-32-28-10-2-4-12-34(28)42(26-8-6-18-40-22-26)38(32)30-16-15-29(35(23)36(24)30)37(31)41(33)25-7-5-17-39-21-25/h1-12,17-22H,13-16H2. The smallest absolute Gasteiger partial charge is 0.0645 e. The summed E-state index contributed by atoms with van der Waals surface area (Å²) in [4.78, 5) is 9.02. The summed E-state index contributed by atoms with van der Waals surface area (Å²) in [6.07, 6.45) is 11.9. The van der Waals surface area contributed by atoms with Crippen molar-refractivity contribution in [2.24, 2.45) is 0 Å². The Morgan fingerprint density at radius 1 is 0.476 bits per heavy atom. The highest BCUT2D eigenvalue weighted by atomic mass is 15.0. The third-order valence-electron chi connectivity index (χ3n) is 9.63. The molecule has 42 heavy (non-hydrogen) atoms. The quantitative estimate of drug-likeness (QED) is 0.221. The van der Waals surface area contributed by atoms with Crippen LogP contribution in [0.4, 0.5) is 0 Å². The van der Waals surface area contributed by atoms with Crippen molar-refractivity contribution in [1.29, 1.82) is 0 Å². The van der Waals surface area contributed by atoms with Gasteiger partial charge < -0.3 is 9.13 Å². The second-order valence-corrected chi connectivity index (χ2v) is 11.7. The first-order valence-electron chi connectivity index (χ1n) is 14.8. The lowest BCUT2D eigenvalue weighted by atomic mass is 9.74. The first-order valence-corrected chi connectivity index (χ1v) is 14.8. The molecule has 0 unspecified atom stereocenters. The molecule has 2 aliphatic rings. The van der Waals surface area contributed by atoms with Crippen LogP contribution in [0, 0.1) is 0 Å². The highest BCUT2D eigenvalue weighted by molar-refractivity contribution is 6.16. The van der Waals surface area contributed by atoms with E-state index in [1.165, 1.54) is 77.0 Å². The van der Waals surface area contributed by atoms with Gasteiger partial charge in [-0.2, -0.15) is 0 Å². The van der Waals surface area contributed by atoms with Gasteiger partial charge in [-0.05, 0) is 108 Å². The summed E-state index contributed by atoms with van der Waals surface area (Å²) in [5.41, 5.74) is 16.3. The van der Waals surface area contributed by atoms with Gasteiger partial charge in [0.25, 0.3) is 0 Å². The number of para-hydroxylation sites is 2. The minimum atomic E-state index is 1.01. The molecule has 4 nitrogen and oxygen atoms in total. The molecule has 0 fully saturated rings. The summed E-state index contributed by atoms with van der Waals surface area (Å²) in [5.74, 6) is 0. The molecule has 2 aliphatic carbocycles. The van der Waals surface area contributed by atoms with Gasteiger partial charge in [-0.15, -0.1) is 0 Å². The Morgan fingerprint density at radius 2 is 0.952 bits per heavy atom. The van der Waals surface area contributed by atoms with Crippen molar-refractivity contribution < 1.29 is 0 Å². The lowest BCUT2D eigenvalue weighted by Crippen LogP contribution is -2.16. The maximum Gasteiger partial charge on any atom is 0.0645 e. The Kier molecular flexibility index (Phi) is 4.37. The van der Waals surface area contributed by atoms with Gasteiger partial charge in [0.2, 0.25) is 0 Å². The van der Waals surface area contributed by atoms with E-state index in [-0.39, 0.29) is 0 Å². The summed E-state index contributed by atoms with van der Waals surface area (Å²) < 4.78 is 4.91. The SMILES string of the molecule is c1cncc(-n2c3ccccc3c3cc4c5c(c32)CCc2c-5c(cc3c5ccccc5n(-c5cccnc5)c23)CC4)c1. The molecule has 4 heteroatoms. The van der Waals surface area contributed by atoms with Gasteiger partial charge >= 0.3 is 0 Å². The zero-order chi connectivity index (χ0) is 27.4. The molecule has 0 aliphatic heterocycles. The van der Waals surface area contributed by atoms with Gasteiger partial charge in [-0.3, -0.25) is 9.97 Å². The molecule has 0 radical (unpaired) electrons. The first kappa shape index (κ1) is 22.5. The summed E-state index contributed by atoms with van der Waals surface area (Å²) in [6, 6.07) is 31.2. The molecule has 10 rings (SSSR count). The molecule has 0 saturated carbocycles. The van der Waals surface area contributed by atoms with Crippen molar-refractivity contribution in [3.05, 3.63) is 132 Å². The predicted octanol–water partition coefficient (Wildman–Crippen LogP) is 8.54. The summed E-state index contributed by atoms with van der Waals surface area (Å²) >= 11 is 0. The topological polar surface area (TPSA) is 35.6 Å². The molecule has 8 aromatic rings. The molecule has 0 amide bonds. The van der Waals surface area contributed by atoms with Crippen LogP contribution in [-0.4, -0.2) is 19.1 Å². The van der Waals surface area contributed by atoms with Gasteiger partial charge in [0.1, 0.15) is 0 Å². The number of nitrogens with zero attached hydrogens (tertiary/aromatic N) is 4. The van der Waals surface area contributed by atoms with Crippen molar-refractivity contribution in [3.63, 3.8) is 0 Å². The average molecular weight is 539 g/mol. The van der Waals surface area contributed by atoms with Crippen LogP contribution in [0.15, 0.2) is 110 Å². The van der Waals surface area contributed by atoms with Crippen LogP contribution in [0.25, 0.3) is 66.1 Å². The monoisotopic (exact) mass is 538 g/mol. The van der Waals surface area contributed by atoms with E-state index in [2.05, 4.69) is 91.9 Å². The van der Waals surface area contributed by atoms with Crippen molar-refractivity contribution >= 4 is 43.6 Å². The van der Waals surface area contributed by atoms with Crippen LogP contribution < -0.4 is 0 Å². The zero-order valence-corrected chi connectivity index (χ0v) is 23.0. The summed E-state index contributed by atoms with van der Waals surface area (Å²) in [7, 11) is 0. The Bertz CT molecular complexity index is 2220. The Hall–Kier alpha value is -5.22. The van der Waals surface area contributed by atoms with Crippen molar-refractivity contribution in [2.45, 2.75) is 25.7 Å². The largest absolute Gasteiger partial charge is 0.307 e. The minimum absolute atomic E-state index is 1.01. The zero-order valence-electron chi connectivity index (χ0n) is 23.0. The van der Waals surface area contributed by atoms with Gasteiger partial charge in [-0.1, -0.05) is 36.4 Å². The number of hydrogen-bond donors (Lipinski definition) is 0. The molecule has 0 atom stereocenters. The second kappa shape index (κ2) is 8.17. The summed E-state index contributed by atoms with van der Waals surface area (Å²) in [6.45, 7) is 0. The Labute approximate surface area is 242 Å². The molecule has 4 aromatic carbocycles. The number of aryl methyl sites for hydroxylation is 4. The van der Waals surface area contributed by atoms with Crippen molar-refractivity contribution in [3.8, 4) is 22.5 Å². The lowest BCUT2D eigenvalue weighted by Gasteiger charge is -2.31. The van der Waals surface area contributed by atoms with Crippen molar-refractivity contribution in [2.75, 3.05) is 0 Å². The van der Waals surface area contributed by atoms with Gasteiger partial charge in [0, 0.05) is 33.9 Å². The Morgan fingerprint density at radius 3 is 1.40 bits per heavy atom. The molecule has 198 valence electrons. The third-order valence-corrected chi connectivity index (χ3v) is 9.63. The fourth-order valence-corrected chi connectivity index (χ4v) is 8.07.